The standard InChI is InChI=1S/C18H14FN5/c1-11-10-20-12(2)18-22-17(23-24(11)18)8-7-15-6-4-13-3-5-14(19)9-16(13)21-15/h3-10H,1-2H3/b8-7+. The summed E-state index contributed by atoms with van der Waals surface area (Å²) in [5.74, 6) is 0.284. The maximum Gasteiger partial charge on any atom is 0.177 e. The van der Waals surface area contributed by atoms with Crippen LogP contribution in [-0.2, 0) is 0 Å². The van der Waals surface area contributed by atoms with Gasteiger partial charge in [-0.1, -0.05) is 6.07 Å². The predicted molar refractivity (Wildman–Crippen MR) is 90.9 cm³/mol. The number of benzene rings is 1. The Morgan fingerprint density at radius 2 is 1.88 bits per heavy atom. The molecule has 0 fully saturated rings. The molecule has 0 aliphatic heterocycles. The molecule has 0 spiro atoms. The van der Waals surface area contributed by atoms with E-state index in [4.69, 9.17) is 0 Å². The first-order valence-corrected chi connectivity index (χ1v) is 7.53. The Hall–Kier alpha value is -3.15. The largest absolute Gasteiger partial charge is 0.256 e. The van der Waals surface area contributed by atoms with Crippen LogP contribution in [0.15, 0.2) is 36.5 Å². The smallest absolute Gasteiger partial charge is 0.177 e. The van der Waals surface area contributed by atoms with Gasteiger partial charge in [-0.2, -0.15) is 0 Å². The van der Waals surface area contributed by atoms with E-state index in [1.165, 1.54) is 12.1 Å². The van der Waals surface area contributed by atoms with Crippen LogP contribution >= 0.6 is 0 Å². The summed E-state index contributed by atoms with van der Waals surface area (Å²) in [6, 6.07) is 8.36. The van der Waals surface area contributed by atoms with Gasteiger partial charge in [0, 0.05) is 17.6 Å². The van der Waals surface area contributed by atoms with Gasteiger partial charge >= 0.3 is 0 Å². The molecule has 4 rings (SSSR count). The molecule has 0 N–H and O–H groups in total. The minimum atomic E-state index is -0.295. The zero-order valence-electron chi connectivity index (χ0n) is 13.2. The number of nitrogens with zero attached hydrogens (tertiary/aromatic N) is 5. The van der Waals surface area contributed by atoms with Gasteiger partial charge in [-0.05, 0) is 44.2 Å². The summed E-state index contributed by atoms with van der Waals surface area (Å²) in [5.41, 5.74) is 3.83. The van der Waals surface area contributed by atoms with Crippen molar-refractivity contribution in [3.05, 3.63) is 65.3 Å². The summed E-state index contributed by atoms with van der Waals surface area (Å²) >= 11 is 0. The van der Waals surface area contributed by atoms with E-state index in [-0.39, 0.29) is 5.82 Å². The number of halogens is 1. The summed E-state index contributed by atoms with van der Waals surface area (Å²) in [5, 5.41) is 5.36. The van der Waals surface area contributed by atoms with Crippen molar-refractivity contribution in [2.45, 2.75) is 13.8 Å². The molecule has 118 valence electrons. The molecule has 0 saturated carbocycles. The van der Waals surface area contributed by atoms with Crippen molar-refractivity contribution in [2.24, 2.45) is 0 Å². The molecule has 4 aromatic rings. The van der Waals surface area contributed by atoms with Gasteiger partial charge in [0.25, 0.3) is 0 Å². The monoisotopic (exact) mass is 319 g/mol. The summed E-state index contributed by atoms with van der Waals surface area (Å²) in [7, 11) is 0. The van der Waals surface area contributed by atoms with Gasteiger partial charge in [0.2, 0.25) is 0 Å². The third-order valence-electron chi connectivity index (χ3n) is 3.81. The van der Waals surface area contributed by atoms with Gasteiger partial charge in [0.05, 0.1) is 22.6 Å². The fourth-order valence-corrected chi connectivity index (χ4v) is 2.54. The van der Waals surface area contributed by atoms with Gasteiger partial charge in [0.1, 0.15) is 5.82 Å². The highest BCUT2D eigenvalue weighted by Gasteiger charge is 2.07. The van der Waals surface area contributed by atoms with Gasteiger partial charge < -0.3 is 0 Å². The van der Waals surface area contributed by atoms with E-state index in [0.717, 1.165) is 28.1 Å². The topological polar surface area (TPSA) is 56.0 Å². The number of aryl methyl sites for hydroxylation is 2. The second-order valence-electron chi connectivity index (χ2n) is 5.60. The summed E-state index contributed by atoms with van der Waals surface area (Å²) in [4.78, 5) is 13.2. The molecule has 24 heavy (non-hydrogen) atoms. The molecular weight excluding hydrogens is 305 g/mol. The average molecular weight is 319 g/mol. The van der Waals surface area contributed by atoms with Crippen molar-refractivity contribution < 1.29 is 4.39 Å². The van der Waals surface area contributed by atoms with Crippen molar-refractivity contribution in [3.63, 3.8) is 0 Å². The quantitative estimate of drug-likeness (QED) is 0.566. The van der Waals surface area contributed by atoms with Crippen molar-refractivity contribution in [3.8, 4) is 0 Å². The summed E-state index contributed by atoms with van der Waals surface area (Å²) < 4.78 is 15.1. The Labute approximate surface area is 137 Å². The van der Waals surface area contributed by atoms with E-state index in [1.807, 2.05) is 32.1 Å². The second-order valence-corrected chi connectivity index (χ2v) is 5.60. The van der Waals surface area contributed by atoms with Crippen LogP contribution in [0.2, 0.25) is 0 Å². The lowest BCUT2D eigenvalue weighted by Crippen LogP contribution is -1.97. The Morgan fingerprint density at radius 1 is 1.04 bits per heavy atom. The molecule has 1 aromatic carbocycles. The molecule has 0 saturated heterocycles. The third-order valence-corrected chi connectivity index (χ3v) is 3.81. The van der Waals surface area contributed by atoms with Crippen molar-refractivity contribution >= 4 is 28.7 Å². The highest BCUT2D eigenvalue weighted by Crippen LogP contribution is 2.15. The number of aromatic nitrogens is 5. The molecular formula is C18H14FN5. The fourth-order valence-electron chi connectivity index (χ4n) is 2.54. The number of rotatable bonds is 2. The van der Waals surface area contributed by atoms with Gasteiger partial charge in [-0.15, -0.1) is 5.10 Å². The Balaban J connectivity index is 1.72. The van der Waals surface area contributed by atoms with Gasteiger partial charge in [0.15, 0.2) is 11.5 Å². The van der Waals surface area contributed by atoms with Crippen molar-refractivity contribution in [1.29, 1.82) is 0 Å². The molecule has 0 bridgehead atoms. The highest BCUT2D eigenvalue weighted by molar-refractivity contribution is 5.80. The van der Waals surface area contributed by atoms with E-state index in [9.17, 15) is 4.39 Å². The molecule has 3 aromatic heterocycles. The Bertz CT molecular complexity index is 1060. The van der Waals surface area contributed by atoms with Crippen LogP contribution in [0.25, 0.3) is 28.7 Å². The van der Waals surface area contributed by atoms with Gasteiger partial charge in [-0.3, -0.25) is 4.98 Å². The molecule has 0 radical (unpaired) electrons. The fraction of sp³-hybridized carbons (Fsp3) is 0.111. The Morgan fingerprint density at radius 3 is 2.71 bits per heavy atom. The van der Waals surface area contributed by atoms with E-state index >= 15 is 0 Å². The normalized spacial score (nSPS) is 11.8. The SMILES string of the molecule is Cc1ncc(C)n2nc(/C=C/c3ccc4ccc(F)cc4n3)nc12. The number of hydrogen-bond donors (Lipinski definition) is 0. The van der Waals surface area contributed by atoms with E-state index in [1.54, 1.807) is 22.9 Å². The molecule has 5 nitrogen and oxygen atoms in total. The van der Waals surface area contributed by atoms with Crippen LogP contribution in [0, 0.1) is 19.7 Å². The van der Waals surface area contributed by atoms with Crippen molar-refractivity contribution in [2.75, 3.05) is 0 Å². The van der Waals surface area contributed by atoms with Gasteiger partial charge in [-0.25, -0.2) is 18.9 Å². The lowest BCUT2D eigenvalue weighted by Gasteiger charge is -1.98. The average Bonchev–Trinajstić information content (AvgIpc) is 3.01. The first kappa shape index (κ1) is 14.4. The Kier molecular flexibility index (Phi) is 3.30. The van der Waals surface area contributed by atoms with Crippen LogP contribution in [0.3, 0.4) is 0 Å². The lowest BCUT2D eigenvalue weighted by molar-refractivity contribution is 0.629. The number of pyridine rings is 1. The number of hydrogen-bond acceptors (Lipinski definition) is 4. The van der Waals surface area contributed by atoms with E-state index < -0.39 is 0 Å². The van der Waals surface area contributed by atoms with Crippen LogP contribution in [0.5, 0.6) is 0 Å². The molecule has 0 aliphatic rings. The van der Waals surface area contributed by atoms with E-state index in [2.05, 4.69) is 20.1 Å². The summed E-state index contributed by atoms with van der Waals surface area (Å²) in [6.07, 6.45) is 5.38. The van der Waals surface area contributed by atoms with Crippen molar-refractivity contribution in [1.82, 2.24) is 24.6 Å². The molecule has 0 aliphatic carbocycles. The molecule has 0 unspecified atom stereocenters. The van der Waals surface area contributed by atoms with Crippen LogP contribution in [0.4, 0.5) is 4.39 Å². The van der Waals surface area contributed by atoms with Crippen LogP contribution in [-0.4, -0.2) is 24.6 Å². The molecule has 0 amide bonds. The minimum Gasteiger partial charge on any atom is -0.256 e. The zero-order chi connectivity index (χ0) is 16.7. The number of fused-ring (bicyclic) bond motifs is 2. The maximum absolute atomic E-state index is 13.3. The maximum atomic E-state index is 13.3. The molecule has 6 heteroatoms. The van der Waals surface area contributed by atoms with Crippen LogP contribution < -0.4 is 0 Å². The first-order valence-electron chi connectivity index (χ1n) is 7.53. The molecule has 3 heterocycles. The predicted octanol–water partition coefficient (Wildman–Crippen LogP) is 3.60. The summed E-state index contributed by atoms with van der Waals surface area (Å²) in [6.45, 7) is 3.83. The van der Waals surface area contributed by atoms with E-state index in [0.29, 0.717) is 11.3 Å². The second kappa shape index (κ2) is 5.49. The minimum absolute atomic E-state index is 0.295. The third kappa shape index (κ3) is 2.52. The highest BCUT2D eigenvalue weighted by atomic mass is 19.1. The lowest BCUT2D eigenvalue weighted by atomic mass is 10.2. The first-order chi connectivity index (χ1) is 11.6. The molecule has 0 atom stereocenters. The van der Waals surface area contributed by atoms with Crippen LogP contribution in [0.1, 0.15) is 22.9 Å². The zero-order valence-corrected chi connectivity index (χ0v) is 13.2.